The first kappa shape index (κ1) is 22.9. The lowest BCUT2D eigenvalue weighted by Crippen LogP contribution is -2.43. The van der Waals surface area contributed by atoms with Crippen LogP contribution in [-0.2, 0) is 16.0 Å². The number of nitrogens with zero attached hydrogens (tertiary/aromatic N) is 3. The second-order valence-corrected chi connectivity index (χ2v) is 7.76. The van der Waals surface area contributed by atoms with Gasteiger partial charge in [-0.25, -0.2) is 4.39 Å². The molecule has 1 N–H and O–H groups in total. The van der Waals surface area contributed by atoms with Crippen molar-refractivity contribution >= 4 is 5.91 Å². The maximum atomic E-state index is 13.8. The summed E-state index contributed by atoms with van der Waals surface area (Å²) in [4.78, 5) is 19.1. The van der Waals surface area contributed by atoms with Crippen LogP contribution < -0.4 is 10.1 Å². The molecule has 0 radical (unpaired) electrons. The molecule has 0 aliphatic carbocycles. The molecule has 1 amide bonds. The number of aromatic nitrogens is 2. The molecular formula is C24H27FN4O4. The first-order valence-electron chi connectivity index (χ1n) is 10.9. The van der Waals surface area contributed by atoms with Crippen LogP contribution in [0.25, 0.3) is 11.4 Å². The molecule has 8 nitrogen and oxygen atoms in total. The van der Waals surface area contributed by atoms with Crippen LogP contribution in [0.1, 0.15) is 23.9 Å². The van der Waals surface area contributed by atoms with Crippen molar-refractivity contribution in [2.45, 2.75) is 18.9 Å². The molecule has 1 aromatic heterocycles. The van der Waals surface area contributed by atoms with Crippen LogP contribution in [0, 0.1) is 5.82 Å². The van der Waals surface area contributed by atoms with Gasteiger partial charge in [-0.2, -0.15) is 4.98 Å². The topological polar surface area (TPSA) is 89.7 Å². The number of methoxy groups -OCH3 is 1. The highest BCUT2D eigenvalue weighted by atomic mass is 19.1. The third-order valence-corrected chi connectivity index (χ3v) is 5.59. The Labute approximate surface area is 191 Å². The van der Waals surface area contributed by atoms with E-state index in [0.717, 1.165) is 30.0 Å². The molecule has 9 heteroatoms. The number of amides is 1. The summed E-state index contributed by atoms with van der Waals surface area (Å²) in [6, 6.07) is 13.7. The maximum absolute atomic E-state index is 13.8. The van der Waals surface area contributed by atoms with Gasteiger partial charge in [0, 0.05) is 38.0 Å². The van der Waals surface area contributed by atoms with Crippen LogP contribution >= 0.6 is 0 Å². The summed E-state index contributed by atoms with van der Waals surface area (Å²) in [6.07, 6.45) is 0.542. The summed E-state index contributed by atoms with van der Waals surface area (Å²) >= 11 is 0. The Balaban J connectivity index is 1.32. The minimum atomic E-state index is -0.291. The molecule has 0 spiro atoms. The van der Waals surface area contributed by atoms with E-state index in [4.69, 9.17) is 14.0 Å². The lowest BCUT2D eigenvalue weighted by molar-refractivity contribution is -0.121. The number of aryl methyl sites for hydroxylation is 1. The van der Waals surface area contributed by atoms with Crippen LogP contribution in [0.2, 0.25) is 0 Å². The van der Waals surface area contributed by atoms with E-state index in [0.29, 0.717) is 37.9 Å². The van der Waals surface area contributed by atoms with Crippen molar-refractivity contribution in [2.24, 2.45) is 0 Å². The molecular weight excluding hydrogens is 427 g/mol. The van der Waals surface area contributed by atoms with Gasteiger partial charge in [0.25, 0.3) is 0 Å². The Morgan fingerprint density at radius 2 is 2.00 bits per heavy atom. The summed E-state index contributed by atoms with van der Waals surface area (Å²) < 4.78 is 29.7. The fourth-order valence-electron chi connectivity index (χ4n) is 3.79. The van der Waals surface area contributed by atoms with Crippen molar-refractivity contribution in [1.82, 2.24) is 20.4 Å². The normalized spacial score (nSPS) is 15.2. The number of carbonyl (C=O) groups excluding carboxylic acids is 1. The highest BCUT2D eigenvalue weighted by Gasteiger charge is 2.23. The Morgan fingerprint density at radius 3 is 2.73 bits per heavy atom. The fraction of sp³-hybridized carbons (Fsp3) is 0.375. The number of morpholine rings is 1. The zero-order chi connectivity index (χ0) is 23.0. The zero-order valence-electron chi connectivity index (χ0n) is 18.5. The molecule has 2 aromatic carbocycles. The monoisotopic (exact) mass is 454 g/mol. The number of hydrogen-bond donors (Lipinski definition) is 1. The molecule has 1 saturated heterocycles. The van der Waals surface area contributed by atoms with Gasteiger partial charge >= 0.3 is 0 Å². The molecule has 1 unspecified atom stereocenters. The van der Waals surface area contributed by atoms with Crippen molar-refractivity contribution in [3.63, 3.8) is 0 Å². The molecule has 0 bridgehead atoms. The molecule has 33 heavy (non-hydrogen) atoms. The molecule has 1 fully saturated rings. The molecule has 174 valence electrons. The Kier molecular flexibility index (Phi) is 7.64. The minimum Gasteiger partial charge on any atom is -0.497 e. The molecule has 1 atom stereocenters. The lowest BCUT2D eigenvalue weighted by Gasteiger charge is -2.35. The first-order chi connectivity index (χ1) is 16.1. The van der Waals surface area contributed by atoms with Crippen LogP contribution in [0.5, 0.6) is 5.75 Å². The minimum absolute atomic E-state index is 0.126. The van der Waals surface area contributed by atoms with E-state index < -0.39 is 0 Å². The smallest absolute Gasteiger partial charge is 0.227 e. The quantitative estimate of drug-likeness (QED) is 0.532. The van der Waals surface area contributed by atoms with E-state index in [1.165, 1.54) is 12.1 Å². The first-order valence-corrected chi connectivity index (χ1v) is 10.9. The number of benzene rings is 2. The average molecular weight is 455 g/mol. The van der Waals surface area contributed by atoms with Crippen LogP contribution in [0.3, 0.4) is 0 Å². The second-order valence-electron chi connectivity index (χ2n) is 7.76. The van der Waals surface area contributed by atoms with E-state index in [1.807, 2.05) is 30.3 Å². The average Bonchev–Trinajstić information content (AvgIpc) is 3.33. The second kappa shape index (κ2) is 11.0. The number of carbonyl (C=O) groups is 1. The van der Waals surface area contributed by atoms with E-state index >= 15 is 0 Å². The van der Waals surface area contributed by atoms with Gasteiger partial charge in [0.05, 0.1) is 26.4 Å². The summed E-state index contributed by atoms with van der Waals surface area (Å²) in [5.41, 5.74) is 1.64. The van der Waals surface area contributed by atoms with Gasteiger partial charge in [-0.3, -0.25) is 9.69 Å². The van der Waals surface area contributed by atoms with Gasteiger partial charge in [-0.15, -0.1) is 0 Å². The number of nitrogens with one attached hydrogen (secondary N) is 1. The summed E-state index contributed by atoms with van der Waals surface area (Å²) in [5, 5.41) is 6.96. The Bertz CT molecular complexity index is 1050. The summed E-state index contributed by atoms with van der Waals surface area (Å²) in [6.45, 7) is 3.07. The Hall–Kier alpha value is -3.30. The van der Waals surface area contributed by atoms with Gasteiger partial charge in [0.2, 0.25) is 17.6 Å². The van der Waals surface area contributed by atoms with Crippen molar-refractivity contribution in [1.29, 1.82) is 0 Å². The highest BCUT2D eigenvalue weighted by Crippen LogP contribution is 2.23. The summed E-state index contributed by atoms with van der Waals surface area (Å²) in [5.74, 6) is 1.18. The van der Waals surface area contributed by atoms with Crippen LogP contribution in [0.15, 0.2) is 53.1 Å². The van der Waals surface area contributed by atoms with Crippen LogP contribution in [0.4, 0.5) is 4.39 Å². The summed E-state index contributed by atoms with van der Waals surface area (Å²) in [7, 11) is 1.60. The standard InChI is InChI=1S/C24H27FN4O4/c1-31-20-7-5-17(6-8-20)24-27-23(33-28-24)10-9-22(30)26-16-21(29-11-13-32-14-12-29)18-3-2-4-19(25)15-18/h2-8,15,21H,9-14,16H2,1H3,(H,26,30). The fourth-order valence-corrected chi connectivity index (χ4v) is 3.79. The molecule has 4 rings (SSSR count). The molecule has 3 aromatic rings. The molecule has 0 saturated carbocycles. The van der Waals surface area contributed by atoms with E-state index in [9.17, 15) is 9.18 Å². The SMILES string of the molecule is COc1ccc(-c2noc(CCC(=O)NCC(c3cccc(F)c3)N3CCOCC3)n2)cc1. The van der Waals surface area contributed by atoms with Crippen molar-refractivity contribution in [3.8, 4) is 17.1 Å². The van der Waals surface area contributed by atoms with Crippen molar-refractivity contribution < 1.29 is 23.2 Å². The van der Waals surface area contributed by atoms with E-state index in [-0.39, 0.29) is 24.2 Å². The van der Waals surface area contributed by atoms with Gasteiger partial charge in [0.1, 0.15) is 11.6 Å². The van der Waals surface area contributed by atoms with Crippen molar-refractivity contribution in [2.75, 3.05) is 40.0 Å². The molecule has 1 aliphatic rings. The highest BCUT2D eigenvalue weighted by molar-refractivity contribution is 5.76. The number of ether oxygens (including phenoxy) is 2. The Morgan fingerprint density at radius 1 is 1.21 bits per heavy atom. The predicted octanol–water partition coefficient (Wildman–Crippen LogP) is 3.01. The van der Waals surface area contributed by atoms with Gasteiger partial charge in [0.15, 0.2) is 0 Å². The lowest BCUT2D eigenvalue weighted by atomic mass is 10.0. The number of halogens is 1. The largest absolute Gasteiger partial charge is 0.497 e. The molecule has 1 aliphatic heterocycles. The third kappa shape index (κ3) is 6.15. The van der Waals surface area contributed by atoms with Gasteiger partial charge in [-0.05, 0) is 42.0 Å². The molecule has 2 heterocycles. The van der Waals surface area contributed by atoms with Crippen LogP contribution in [-0.4, -0.2) is 60.9 Å². The van der Waals surface area contributed by atoms with Gasteiger partial charge in [-0.1, -0.05) is 17.3 Å². The zero-order valence-corrected chi connectivity index (χ0v) is 18.5. The predicted molar refractivity (Wildman–Crippen MR) is 119 cm³/mol. The number of rotatable bonds is 9. The van der Waals surface area contributed by atoms with E-state index in [2.05, 4.69) is 20.4 Å². The third-order valence-electron chi connectivity index (χ3n) is 5.59. The van der Waals surface area contributed by atoms with Crippen molar-refractivity contribution in [3.05, 3.63) is 65.8 Å². The van der Waals surface area contributed by atoms with Gasteiger partial charge < -0.3 is 19.3 Å². The maximum Gasteiger partial charge on any atom is 0.227 e. The van der Waals surface area contributed by atoms with E-state index in [1.54, 1.807) is 13.2 Å². The number of hydrogen-bond acceptors (Lipinski definition) is 7.